The van der Waals surface area contributed by atoms with Gasteiger partial charge in [-0.05, 0) is 44.5 Å². The van der Waals surface area contributed by atoms with Crippen LogP contribution in [0.2, 0.25) is 0 Å². The van der Waals surface area contributed by atoms with Gasteiger partial charge in [0.2, 0.25) is 5.88 Å². The highest BCUT2D eigenvalue weighted by atomic mass is 16.5. The van der Waals surface area contributed by atoms with Gasteiger partial charge in [-0.1, -0.05) is 6.42 Å². The first-order valence-electron chi connectivity index (χ1n) is 11.6. The van der Waals surface area contributed by atoms with Gasteiger partial charge in [-0.2, -0.15) is 0 Å². The molecule has 1 atom stereocenters. The fraction of sp³-hybridized carbons (Fsp3) is 0.458. The van der Waals surface area contributed by atoms with E-state index in [1.807, 2.05) is 24.3 Å². The number of furan rings is 1. The smallest absolute Gasteiger partial charge is 0.231 e. The molecule has 1 saturated heterocycles. The van der Waals surface area contributed by atoms with Gasteiger partial charge < -0.3 is 24.1 Å². The Morgan fingerprint density at radius 2 is 2.18 bits per heavy atom. The summed E-state index contributed by atoms with van der Waals surface area (Å²) in [5, 5.41) is 9.14. The van der Waals surface area contributed by atoms with Crippen molar-refractivity contribution in [3.05, 3.63) is 36.7 Å². The number of nitrogens with zero attached hydrogens (tertiary/aromatic N) is 5. The molecule has 1 aliphatic heterocycles. The van der Waals surface area contributed by atoms with Gasteiger partial charge in [0.25, 0.3) is 0 Å². The molecule has 1 aliphatic rings. The first-order chi connectivity index (χ1) is 16.3. The molecule has 0 bridgehead atoms. The number of anilines is 1. The zero-order valence-corrected chi connectivity index (χ0v) is 19.2. The summed E-state index contributed by atoms with van der Waals surface area (Å²) in [5.74, 6) is 2.14. The highest BCUT2D eigenvalue weighted by molar-refractivity contribution is 5.91. The second-order valence-corrected chi connectivity index (χ2v) is 8.27. The zero-order valence-electron chi connectivity index (χ0n) is 19.2. The van der Waals surface area contributed by atoms with Crippen molar-refractivity contribution in [3.63, 3.8) is 0 Å². The van der Waals surface area contributed by atoms with Crippen LogP contribution in [0.15, 0.2) is 41.1 Å². The van der Waals surface area contributed by atoms with Crippen molar-refractivity contribution in [2.45, 2.75) is 32.2 Å². The molecule has 9 nitrogen and oxygen atoms in total. The number of hydrogen-bond acceptors (Lipinski definition) is 8. The van der Waals surface area contributed by atoms with Crippen LogP contribution >= 0.6 is 0 Å². The Morgan fingerprint density at radius 3 is 3.00 bits per heavy atom. The van der Waals surface area contributed by atoms with Gasteiger partial charge in [-0.25, -0.2) is 14.5 Å². The average molecular weight is 451 g/mol. The molecule has 5 rings (SSSR count). The lowest BCUT2D eigenvalue weighted by Crippen LogP contribution is -2.38. The minimum Gasteiger partial charge on any atom is -0.475 e. The van der Waals surface area contributed by atoms with Crippen LogP contribution in [-0.2, 0) is 4.74 Å². The number of hydrogen-bond donors (Lipinski definition) is 1. The lowest BCUT2D eigenvalue weighted by molar-refractivity contribution is 0.205. The highest BCUT2D eigenvalue weighted by Crippen LogP contribution is 2.33. The van der Waals surface area contributed by atoms with Crippen molar-refractivity contribution in [2.75, 3.05) is 44.9 Å². The lowest BCUT2D eigenvalue weighted by Gasteiger charge is -2.23. The molecule has 1 fully saturated rings. The van der Waals surface area contributed by atoms with Crippen LogP contribution in [0, 0.1) is 0 Å². The van der Waals surface area contributed by atoms with Gasteiger partial charge in [0.05, 0.1) is 18.2 Å². The summed E-state index contributed by atoms with van der Waals surface area (Å²) in [5.41, 5.74) is 2.28. The summed E-state index contributed by atoms with van der Waals surface area (Å²) in [6, 6.07) is 8.05. The Labute approximate surface area is 192 Å². The van der Waals surface area contributed by atoms with Crippen molar-refractivity contribution >= 4 is 22.4 Å². The molecular weight excluding hydrogens is 420 g/mol. The molecular formula is C24H30N6O3. The fourth-order valence-corrected chi connectivity index (χ4v) is 4.30. The van der Waals surface area contributed by atoms with Crippen molar-refractivity contribution < 1.29 is 13.9 Å². The number of ether oxygens (including phenoxy) is 2. The van der Waals surface area contributed by atoms with Gasteiger partial charge in [0.15, 0.2) is 11.4 Å². The summed E-state index contributed by atoms with van der Waals surface area (Å²) < 4.78 is 19.2. The molecule has 0 spiro atoms. The van der Waals surface area contributed by atoms with Gasteiger partial charge in [0, 0.05) is 38.5 Å². The molecule has 1 N–H and O–H groups in total. The van der Waals surface area contributed by atoms with E-state index in [9.17, 15) is 0 Å². The summed E-state index contributed by atoms with van der Waals surface area (Å²) >= 11 is 0. The monoisotopic (exact) mass is 450 g/mol. The molecule has 5 heterocycles. The minimum absolute atomic E-state index is 0.374. The third-order valence-corrected chi connectivity index (χ3v) is 6.11. The van der Waals surface area contributed by atoms with Crippen molar-refractivity contribution in [1.29, 1.82) is 0 Å². The van der Waals surface area contributed by atoms with Crippen LogP contribution in [0.1, 0.15) is 26.2 Å². The highest BCUT2D eigenvalue weighted by Gasteiger charge is 2.18. The van der Waals surface area contributed by atoms with E-state index in [0.29, 0.717) is 30.9 Å². The van der Waals surface area contributed by atoms with E-state index >= 15 is 0 Å². The van der Waals surface area contributed by atoms with Gasteiger partial charge >= 0.3 is 0 Å². The maximum atomic E-state index is 6.21. The molecule has 4 aromatic rings. The predicted molar refractivity (Wildman–Crippen MR) is 127 cm³/mol. The van der Waals surface area contributed by atoms with E-state index in [2.05, 4.69) is 32.2 Å². The standard InChI is InChI=1S/C24H30N6O3/c1-3-29(12-13-31-2)24-18-14-21(33-20(18)9-11-26-24)19-15-27-22-7-8-23(28-30(19)22)32-16-17-6-4-5-10-25-17/h7-9,11,14-15,17,25H,3-6,10,12-13,16H2,1-2H3. The van der Waals surface area contributed by atoms with Crippen LogP contribution < -0.4 is 15.0 Å². The van der Waals surface area contributed by atoms with Crippen molar-refractivity contribution in [2.24, 2.45) is 0 Å². The number of methoxy groups -OCH3 is 1. The second kappa shape index (κ2) is 9.76. The molecule has 0 saturated carbocycles. The van der Waals surface area contributed by atoms with Gasteiger partial charge in [-0.15, -0.1) is 5.10 Å². The number of fused-ring (bicyclic) bond motifs is 2. The number of rotatable bonds is 9. The van der Waals surface area contributed by atoms with E-state index in [1.54, 1.807) is 24.0 Å². The molecule has 0 amide bonds. The van der Waals surface area contributed by atoms with Crippen LogP contribution in [0.5, 0.6) is 5.88 Å². The Bertz CT molecular complexity index is 1210. The topological polar surface area (TPSA) is 90.0 Å². The first-order valence-corrected chi connectivity index (χ1v) is 11.6. The minimum atomic E-state index is 0.374. The maximum Gasteiger partial charge on any atom is 0.231 e. The molecule has 9 heteroatoms. The Balaban J connectivity index is 1.44. The number of piperidine rings is 1. The molecule has 0 aliphatic carbocycles. The molecule has 4 aromatic heterocycles. The van der Waals surface area contributed by atoms with E-state index in [1.165, 1.54) is 12.8 Å². The quantitative estimate of drug-likeness (QED) is 0.414. The number of imidazole rings is 1. The van der Waals surface area contributed by atoms with Crippen LogP contribution in [0.4, 0.5) is 5.82 Å². The normalized spacial score (nSPS) is 16.5. The fourth-order valence-electron chi connectivity index (χ4n) is 4.30. The summed E-state index contributed by atoms with van der Waals surface area (Å²) in [4.78, 5) is 11.3. The number of nitrogens with one attached hydrogen (secondary N) is 1. The zero-order chi connectivity index (χ0) is 22.6. The van der Waals surface area contributed by atoms with Crippen molar-refractivity contribution in [1.82, 2.24) is 24.9 Å². The SMILES string of the molecule is CCN(CCOC)c1nccc2oc(-c3cnc4ccc(OCC5CCCCN5)nn34)cc12. The lowest BCUT2D eigenvalue weighted by atomic mass is 10.1. The summed E-state index contributed by atoms with van der Waals surface area (Å²) in [7, 11) is 1.71. The number of likely N-dealkylation sites (N-methyl/N-ethyl adjacent to an activating group) is 1. The molecule has 1 unspecified atom stereocenters. The summed E-state index contributed by atoms with van der Waals surface area (Å²) in [6.45, 7) is 5.98. The van der Waals surface area contributed by atoms with E-state index < -0.39 is 0 Å². The molecule has 0 radical (unpaired) electrons. The predicted octanol–water partition coefficient (Wildman–Crippen LogP) is 3.53. The van der Waals surface area contributed by atoms with Crippen molar-refractivity contribution in [3.8, 4) is 17.3 Å². The average Bonchev–Trinajstić information content (AvgIpc) is 3.48. The van der Waals surface area contributed by atoms with E-state index in [4.69, 9.17) is 13.9 Å². The molecule has 33 heavy (non-hydrogen) atoms. The third kappa shape index (κ3) is 4.51. The Kier molecular flexibility index (Phi) is 6.41. The first kappa shape index (κ1) is 21.7. The largest absolute Gasteiger partial charge is 0.475 e. The van der Waals surface area contributed by atoms with E-state index in [0.717, 1.165) is 54.2 Å². The van der Waals surface area contributed by atoms with Crippen LogP contribution in [-0.4, -0.2) is 65.6 Å². The van der Waals surface area contributed by atoms with Crippen LogP contribution in [0.3, 0.4) is 0 Å². The third-order valence-electron chi connectivity index (χ3n) is 6.11. The molecule has 0 aromatic carbocycles. The number of aromatic nitrogens is 4. The molecule has 174 valence electrons. The van der Waals surface area contributed by atoms with Gasteiger partial charge in [-0.3, -0.25) is 0 Å². The van der Waals surface area contributed by atoms with Gasteiger partial charge in [0.1, 0.15) is 23.7 Å². The Morgan fingerprint density at radius 1 is 1.24 bits per heavy atom. The number of pyridine rings is 1. The van der Waals surface area contributed by atoms with Crippen LogP contribution in [0.25, 0.3) is 28.1 Å². The second-order valence-electron chi connectivity index (χ2n) is 8.27. The Hall–Kier alpha value is -3.17. The van der Waals surface area contributed by atoms with E-state index in [-0.39, 0.29) is 0 Å². The summed E-state index contributed by atoms with van der Waals surface area (Å²) in [6.07, 6.45) is 7.16. The maximum absolute atomic E-state index is 6.21.